The van der Waals surface area contributed by atoms with Crippen molar-refractivity contribution in [2.75, 3.05) is 47.5 Å². The van der Waals surface area contributed by atoms with Gasteiger partial charge < -0.3 is 29.3 Å². The molecule has 0 radical (unpaired) electrons. The van der Waals surface area contributed by atoms with E-state index in [4.69, 9.17) is 14.2 Å². The van der Waals surface area contributed by atoms with Crippen molar-refractivity contribution in [1.82, 2.24) is 20.1 Å². The maximum atomic E-state index is 13.8. The summed E-state index contributed by atoms with van der Waals surface area (Å²) in [6.07, 6.45) is 7.93. The highest BCUT2D eigenvalue weighted by Crippen LogP contribution is 2.37. The van der Waals surface area contributed by atoms with Gasteiger partial charge in [-0.2, -0.15) is 0 Å². The van der Waals surface area contributed by atoms with Crippen molar-refractivity contribution in [1.29, 1.82) is 0 Å². The van der Waals surface area contributed by atoms with Crippen molar-refractivity contribution >= 4 is 23.7 Å². The Balaban J connectivity index is 1.36. The number of hydrogen-bond acceptors (Lipinski definition) is 8. The van der Waals surface area contributed by atoms with Gasteiger partial charge in [-0.3, -0.25) is 19.4 Å². The van der Waals surface area contributed by atoms with Gasteiger partial charge in [-0.05, 0) is 73.6 Å². The van der Waals surface area contributed by atoms with Crippen molar-refractivity contribution in [3.8, 4) is 11.5 Å². The maximum Gasteiger partial charge on any atom is 0.339 e. The zero-order valence-corrected chi connectivity index (χ0v) is 25.8. The number of carbonyl (C=O) groups excluding carboxylic acids is 4. The van der Waals surface area contributed by atoms with Gasteiger partial charge in [0.25, 0.3) is 5.91 Å². The molecule has 3 amide bonds. The van der Waals surface area contributed by atoms with Crippen LogP contribution in [0.1, 0.15) is 70.4 Å². The molecule has 3 atom stereocenters. The van der Waals surface area contributed by atoms with Gasteiger partial charge in [0.15, 0.2) is 11.5 Å². The smallest absolute Gasteiger partial charge is 0.339 e. The Labute approximate surface area is 258 Å². The van der Waals surface area contributed by atoms with Crippen LogP contribution in [0.5, 0.6) is 11.5 Å². The SMILES string of the molecule is COC(=O)c1cncc(C(=O)N2C[C@@H]3C[C@H](C2)[C@@H]2CCCC(=O)NCCCc4cc(cc(OC)c4OC)CCC(=O)N2C3)c1. The standard InChI is InChI=1S/C33H42N4O7/c1-42-28-14-21-9-10-30(39)37-19-22-13-26(20-36(18-22)32(40)24-15-25(17-34-16-24)33(41)44-3)27(37)7-4-8-29(38)35-11-5-6-23(12-21)31(28)43-2/h12,14-17,22,26-27H,4-11,13,18-20H2,1-3H3,(H,35,38)/t22-,26+,27-/m0/s1. The number of esters is 1. The Morgan fingerprint density at radius 3 is 2.50 bits per heavy atom. The predicted molar refractivity (Wildman–Crippen MR) is 162 cm³/mol. The zero-order valence-electron chi connectivity index (χ0n) is 25.8. The highest BCUT2D eigenvalue weighted by Gasteiger charge is 2.43. The van der Waals surface area contributed by atoms with E-state index < -0.39 is 5.97 Å². The van der Waals surface area contributed by atoms with Crippen LogP contribution in [0.15, 0.2) is 30.6 Å². The quantitative estimate of drug-likeness (QED) is 0.527. The second-order valence-corrected chi connectivity index (χ2v) is 12.0. The molecule has 1 aromatic heterocycles. The van der Waals surface area contributed by atoms with E-state index in [0.29, 0.717) is 75.3 Å². The molecule has 3 aliphatic rings. The number of nitrogens with zero attached hydrogens (tertiary/aromatic N) is 3. The number of amides is 3. The summed E-state index contributed by atoms with van der Waals surface area (Å²) in [4.78, 5) is 60.0. The van der Waals surface area contributed by atoms with E-state index in [1.54, 1.807) is 14.2 Å². The van der Waals surface area contributed by atoms with Crippen LogP contribution in [0.25, 0.3) is 0 Å². The number of aromatic nitrogens is 1. The van der Waals surface area contributed by atoms with Crippen molar-refractivity contribution in [2.24, 2.45) is 11.8 Å². The van der Waals surface area contributed by atoms with Crippen LogP contribution >= 0.6 is 0 Å². The lowest BCUT2D eigenvalue weighted by Crippen LogP contribution is -2.60. The lowest BCUT2D eigenvalue weighted by atomic mass is 9.77. The molecule has 0 unspecified atom stereocenters. The number of rotatable bonds is 4. The number of piperidine rings is 2. The Morgan fingerprint density at radius 1 is 0.909 bits per heavy atom. The lowest BCUT2D eigenvalue weighted by Gasteiger charge is -2.51. The number of pyridine rings is 1. The summed E-state index contributed by atoms with van der Waals surface area (Å²) in [6, 6.07) is 5.47. The van der Waals surface area contributed by atoms with Crippen LogP contribution in [-0.4, -0.2) is 92.0 Å². The van der Waals surface area contributed by atoms with Crippen LogP contribution in [0, 0.1) is 11.8 Å². The van der Waals surface area contributed by atoms with Crippen molar-refractivity contribution in [3.63, 3.8) is 0 Å². The molecular formula is C33H42N4O7. The van der Waals surface area contributed by atoms with Gasteiger partial charge in [0, 0.05) is 57.5 Å². The Morgan fingerprint density at radius 2 is 1.73 bits per heavy atom. The number of aryl methyl sites for hydroxylation is 2. The van der Waals surface area contributed by atoms with Gasteiger partial charge in [0.2, 0.25) is 11.8 Å². The topological polar surface area (TPSA) is 127 Å². The van der Waals surface area contributed by atoms with E-state index in [9.17, 15) is 19.2 Å². The lowest BCUT2D eigenvalue weighted by molar-refractivity contribution is -0.140. The van der Waals surface area contributed by atoms with Crippen LogP contribution in [0.4, 0.5) is 0 Å². The van der Waals surface area contributed by atoms with Gasteiger partial charge in [0.1, 0.15) is 0 Å². The number of hydrogen-bond donors (Lipinski definition) is 1. The molecule has 1 N–H and O–H groups in total. The summed E-state index contributed by atoms with van der Waals surface area (Å²) in [6.45, 7) is 2.15. The number of fused-ring (bicyclic) bond motifs is 6. The van der Waals surface area contributed by atoms with E-state index in [1.807, 2.05) is 15.9 Å². The minimum atomic E-state index is -0.545. The second-order valence-electron chi connectivity index (χ2n) is 12.0. The number of methoxy groups -OCH3 is 3. The van der Waals surface area contributed by atoms with Gasteiger partial charge in [0.05, 0.1) is 32.5 Å². The number of benzene rings is 1. The van der Waals surface area contributed by atoms with Crippen molar-refractivity contribution in [3.05, 3.63) is 52.8 Å². The first kappa shape index (κ1) is 31.3. The highest BCUT2D eigenvalue weighted by molar-refractivity contribution is 5.97. The molecule has 44 heavy (non-hydrogen) atoms. The van der Waals surface area contributed by atoms with Gasteiger partial charge >= 0.3 is 5.97 Å². The van der Waals surface area contributed by atoms with Gasteiger partial charge in [-0.25, -0.2) is 4.79 Å². The fraction of sp³-hybridized carbons (Fsp3) is 0.545. The second kappa shape index (κ2) is 14.1. The number of ether oxygens (including phenoxy) is 3. The molecule has 2 aromatic rings. The molecule has 2 saturated heterocycles. The van der Waals surface area contributed by atoms with E-state index in [1.165, 1.54) is 25.6 Å². The fourth-order valence-corrected chi connectivity index (χ4v) is 7.04. The molecular weight excluding hydrogens is 564 g/mol. The molecule has 2 fully saturated rings. The first-order chi connectivity index (χ1) is 21.3. The third-order valence-corrected chi connectivity index (χ3v) is 9.07. The van der Waals surface area contributed by atoms with Crippen LogP contribution in [-0.2, 0) is 27.2 Å². The van der Waals surface area contributed by atoms with Gasteiger partial charge in [-0.15, -0.1) is 0 Å². The summed E-state index contributed by atoms with van der Waals surface area (Å²) in [5.74, 6) is 0.905. The normalized spacial score (nSPS) is 22.8. The average Bonchev–Trinajstić information content (AvgIpc) is 3.04. The summed E-state index contributed by atoms with van der Waals surface area (Å²) in [7, 11) is 4.52. The Bertz CT molecular complexity index is 1400. The molecule has 236 valence electrons. The molecule has 11 heteroatoms. The molecule has 5 rings (SSSR count). The fourth-order valence-electron chi connectivity index (χ4n) is 7.04. The minimum absolute atomic E-state index is 0.000360. The first-order valence-electron chi connectivity index (χ1n) is 15.4. The van der Waals surface area contributed by atoms with Gasteiger partial charge in [-0.1, -0.05) is 6.07 Å². The minimum Gasteiger partial charge on any atom is -0.493 e. The predicted octanol–water partition coefficient (Wildman–Crippen LogP) is 3.04. The summed E-state index contributed by atoms with van der Waals surface area (Å²) in [5, 5.41) is 3.04. The monoisotopic (exact) mass is 606 g/mol. The van der Waals surface area contributed by atoms with E-state index in [2.05, 4.69) is 16.4 Å². The number of nitrogens with one attached hydrogen (secondary N) is 1. The van der Waals surface area contributed by atoms with E-state index >= 15 is 0 Å². The Kier molecular flexibility index (Phi) is 10.0. The molecule has 11 nitrogen and oxygen atoms in total. The summed E-state index contributed by atoms with van der Waals surface area (Å²) >= 11 is 0. The third-order valence-electron chi connectivity index (χ3n) is 9.07. The molecule has 0 saturated carbocycles. The zero-order chi connectivity index (χ0) is 31.2. The van der Waals surface area contributed by atoms with Crippen LogP contribution in [0.3, 0.4) is 0 Å². The number of carbonyl (C=O) groups is 4. The molecule has 4 heterocycles. The molecule has 3 aliphatic heterocycles. The largest absolute Gasteiger partial charge is 0.493 e. The molecule has 4 bridgehead atoms. The number of likely N-dealkylation sites (tertiary alicyclic amines) is 1. The van der Waals surface area contributed by atoms with Crippen LogP contribution < -0.4 is 14.8 Å². The Hall–Kier alpha value is -4.15. The first-order valence-corrected chi connectivity index (χ1v) is 15.4. The molecule has 0 aliphatic carbocycles. The van der Waals surface area contributed by atoms with Crippen molar-refractivity contribution < 1.29 is 33.4 Å². The van der Waals surface area contributed by atoms with E-state index in [0.717, 1.165) is 30.4 Å². The van der Waals surface area contributed by atoms with Crippen molar-refractivity contribution in [2.45, 2.75) is 57.4 Å². The molecule has 1 aromatic carbocycles. The summed E-state index contributed by atoms with van der Waals surface area (Å²) < 4.78 is 16.1. The van der Waals surface area contributed by atoms with E-state index in [-0.39, 0.29) is 41.2 Å². The highest BCUT2D eigenvalue weighted by atomic mass is 16.5. The molecule has 0 spiro atoms. The summed E-state index contributed by atoms with van der Waals surface area (Å²) in [5.41, 5.74) is 2.57. The van der Waals surface area contributed by atoms with Crippen LogP contribution in [0.2, 0.25) is 0 Å². The average molecular weight is 607 g/mol. The third kappa shape index (κ3) is 6.97. The maximum absolute atomic E-state index is 13.8.